The molecule has 5 heteroatoms. The minimum absolute atomic E-state index is 0.00574. The quantitative estimate of drug-likeness (QED) is 0.815. The molecule has 1 aliphatic heterocycles. The Kier molecular flexibility index (Phi) is 4.42. The smallest absolute Gasteiger partial charge is 0.253 e. The molecule has 1 aliphatic rings. The van der Waals surface area contributed by atoms with Gasteiger partial charge in [-0.2, -0.15) is 0 Å². The van der Waals surface area contributed by atoms with E-state index in [0.717, 1.165) is 22.9 Å². The van der Waals surface area contributed by atoms with Crippen LogP contribution < -0.4 is 10.6 Å². The Hall–Kier alpha value is -1.04. The molecule has 2 rings (SSSR count). The molecular weight excluding hydrogens is 236 g/mol. The van der Waals surface area contributed by atoms with Crippen molar-refractivity contribution in [3.63, 3.8) is 0 Å². The van der Waals surface area contributed by atoms with E-state index in [1.807, 2.05) is 24.3 Å². The highest BCUT2D eigenvalue weighted by atomic mass is 32.2. The number of rotatable bonds is 4. The van der Waals surface area contributed by atoms with Crippen molar-refractivity contribution in [1.82, 2.24) is 0 Å². The molecular formula is C12H16N2O2S. The highest BCUT2D eigenvalue weighted by Gasteiger charge is 2.22. The number of ether oxygens (including phenoxy) is 1. The first-order chi connectivity index (χ1) is 8.33. The van der Waals surface area contributed by atoms with E-state index in [1.54, 1.807) is 16.7 Å². The molecule has 1 aromatic carbocycles. The first kappa shape index (κ1) is 12.4. The number of carbonyl (C=O) groups is 1. The molecule has 1 heterocycles. The van der Waals surface area contributed by atoms with Crippen LogP contribution in [0.15, 0.2) is 29.2 Å². The van der Waals surface area contributed by atoms with Crippen molar-refractivity contribution < 1.29 is 9.53 Å². The van der Waals surface area contributed by atoms with Crippen LogP contribution in [0.25, 0.3) is 0 Å². The highest BCUT2D eigenvalue weighted by Crippen LogP contribution is 2.34. The van der Waals surface area contributed by atoms with Crippen LogP contribution in [0.4, 0.5) is 5.69 Å². The second-order valence-electron chi connectivity index (χ2n) is 3.70. The maximum absolute atomic E-state index is 12.0. The number of anilines is 1. The van der Waals surface area contributed by atoms with Gasteiger partial charge >= 0.3 is 0 Å². The van der Waals surface area contributed by atoms with E-state index in [2.05, 4.69) is 0 Å². The maximum atomic E-state index is 12.0. The fourth-order valence-corrected chi connectivity index (χ4v) is 2.74. The fourth-order valence-electron chi connectivity index (χ4n) is 1.75. The van der Waals surface area contributed by atoms with Gasteiger partial charge in [-0.05, 0) is 12.1 Å². The first-order valence-corrected chi connectivity index (χ1v) is 6.61. The van der Waals surface area contributed by atoms with Gasteiger partial charge in [0.15, 0.2) is 0 Å². The van der Waals surface area contributed by atoms with Crippen molar-refractivity contribution in [2.45, 2.75) is 4.90 Å². The van der Waals surface area contributed by atoms with Gasteiger partial charge in [-0.15, -0.1) is 11.8 Å². The predicted octanol–water partition coefficient (Wildman–Crippen LogP) is 1.10. The molecule has 0 aromatic heterocycles. The molecule has 92 valence electrons. The zero-order valence-corrected chi connectivity index (χ0v) is 10.4. The molecule has 0 unspecified atom stereocenters. The summed E-state index contributed by atoms with van der Waals surface area (Å²) in [6.45, 7) is 1.72. The third-order valence-corrected chi connectivity index (χ3v) is 3.56. The molecule has 0 radical (unpaired) electrons. The van der Waals surface area contributed by atoms with Crippen LogP contribution in [-0.4, -0.2) is 38.0 Å². The maximum Gasteiger partial charge on any atom is 0.253 e. The third-order valence-electron chi connectivity index (χ3n) is 2.52. The van der Waals surface area contributed by atoms with Crippen molar-refractivity contribution in [3.05, 3.63) is 24.3 Å². The molecule has 0 spiro atoms. The van der Waals surface area contributed by atoms with Gasteiger partial charge in [0.25, 0.3) is 5.91 Å². The molecule has 4 nitrogen and oxygen atoms in total. The van der Waals surface area contributed by atoms with Gasteiger partial charge in [0, 0.05) is 23.7 Å². The van der Waals surface area contributed by atoms with Crippen LogP contribution >= 0.6 is 11.8 Å². The summed E-state index contributed by atoms with van der Waals surface area (Å²) in [5, 5.41) is 0. The standard InChI is InChI=1S/C12H16N2O2S/c13-5-7-16-9-12(15)14-6-8-17-11-4-2-1-3-10(11)14/h1-4H,5-9,13H2. The van der Waals surface area contributed by atoms with Gasteiger partial charge in [0.1, 0.15) is 6.61 Å². The number of nitrogens with zero attached hydrogens (tertiary/aromatic N) is 1. The molecule has 0 aliphatic carbocycles. The Balaban J connectivity index is 2.05. The fraction of sp³-hybridized carbons (Fsp3) is 0.417. The average Bonchev–Trinajstić information content (AvgIpc) is 2.38. The third kappa shape index (κ3) is 3.00. The average molecular weight is 252 g/mol. The number of thioether (sulfide) groups is 1. The lowest BCUT2D eigenvalue weighted by Gasteiger charge is -2.28. The Morgan fingerprint density at radius 3 is 3.12 bits per heavy atom. The SMILES string of the molecule is NCCOCC(=O)N1CCSc2ccccc21. The summed E-state index contributed by atoms with van der Waals surface area (Å²) in [5.74, 6) is 0.936. The van der Waals surface area contributed by atoms with Gasteiger partial charge < -0.3 is 15.4 Å². The second-order valence-corrected chi connectivity index (χ2v) is 4.84. The number of para-hydroxylation sites is 1. The molecule has 0 atom stereocenters. The summed E-state index contributed by atoms with van der Waals surface area (Å²) in [7, 11) is 0. The largest absolute Gasteiger partial charge is 0.370 e. The van der Waals surface area contributed by atoms with Crippen LogP contribution in [0.2, 0.25) is 0 Å². The Bertz CT molecular complexity index is 398. The van der Waals surface area contributed by atoms with Crippen molar-refractivity contribution in [1.29, 1.82) is 0 Å². The molecule has 1 aromatic rings. The molecule has 17 heavy (non-hydrogen) atoms. The van der Waals surface area contributed by atoms with Crippen LogP contribution in [0.3, 0.4) is 0 Å². The van der Waals surface area contributed by atoms with Crippen LogP contribution in [0.5, 0.6) is 0 Å². The molecule has 2 N–H and O–H groups in total. The lowest BCUT2D eigenvalue weighted by atomic mass is 10.2. The first-order valence-electron chi connectivity index (χ1n) is 5.63. The van der Waals surface area contributed by atoms with Crippen molar-refractivity contribution in [2.24, 2.45) is 5.73 Å². The van der Waals surface area contributed by atoms with E-state index in [4.69, 9.17) is 10.5 Å². The van der Waals surface area contributed by atoms with Gasteiger partial charge in [-0.1, -0.05) is 12.1 Å². The van der Waals surface area contributed by atoms with E-state index in [-0.39, 0.29) is 12.5 Å². The lowest BCUT2D eigenvalue weighted by molar-refractivity contribution is -0.123. The summed E-state index contributed by atoms with van der Waals surface area (Å²) in [4.78, 5) is 14.9. The van der Waals surface area contributed by atoms with Gasteiger partial charge in [-0.3, -0.25) is 4.79 Å². The summed E-state index contributed by atoms with van der Waals surface area (Å²) in [5.41, 5.74) is 6.31. The highest BCUT2D eigenvalue weighted by molar-refractivity contribution is 7.99. The van der Waals surface area contributed by atoms with Gasteiger partial charge in [0.05, 0.1) is 12.3 Å². The van der Waals surface area contributed by atoms with E-state index in [9.17, 15) is 4.79 Å². The number of nitrogens with two attached hydrogens (primary N) is 1. The Morgan fingerprint density at radius 1 is 1.47 bits per heavy atom. The van der Waals surface area contributed by atoms with E-state index in [0.29, 0.717) is 13.2 Å². The predicted molar refractivity (Wildman–Crippen MR) is 69.4 cm³/mol. The zero-order chi connectivity index (χ0) is 12.1. The number of amides is 1. The molecule has 0 saturated heterocycles. The van der Waals surface area contributed by atoms with Crippen LogP contribution in [0, 0.1) is 0 Å². The normalized spacial score (nSPS) is 14.5. The van der Waals surface area contributed by atoms with E-state index in [1.165, 1.54) is 0 Å². The van der Waals surface area contributed by atoms with Crippen LogP contribution in [-0.2, 0) is 9.53 Å². The number of benzene rings is 1. The molecule has 0 saturated carbocycles. The number of carbonyl (C=O) groups excluding carboxylic acids is 1. The summed E-state index contributed by atoms with van der Waals surface area (Å²) >= 11 is 1.78. The summed E-state index contributed by atoms with van der Waals surface area (Å²) in [6, 6.07) is 7.96. The minimum Gasteiger partial charge on any atom is -0.370 e. The molecule has 0 bridgehead atoms. The number of hydrogen-bond acceptors (Lipinski definition) is 4. The zero-order valence-electron chi connectivity index (χ0n) is 9.59. The van der Waals surface area contributed by atoms with E-state index >= 15 is 0 Å². The number of fused-ring (bicyclic) bond motifs is 1. The Labute approximate surface area is 105 Å². The summed E-state index contributed by atoms with van der Waals surface area (Å²) < 4.78 is 5.19. The monoisotopic (exact) mass is 252 g/mol. The van der Waals surface area contributed by atoms with Crippen LogP contribution in [0.1, 0.15) is 0 Å². The van der Waals surface area contributed by atoms with Crippen molar-refractivity contribution in [3.8, 4) is 0 Å². The minimum atomic E-state index is 0.00574. The number of hydrogen-bond donors (Lipinski definition) is 1. The topological polar surface area (TPSA) is 55.6 Å². The Morgan fingerprint density at radius 2 is 2.29 bits per heavy atom. The summed E-state index contributed by atoms with van der Waals surface area (Å²) in [6.07, 6.45) is 0. The van der Waals surface area contributed by atoms with Gasteiger partial charge in [-0.25, -0.2) is 0 Å². The molecule has 0 fully saturated rings. The van der Waals surface area contributed by atoms with Gasteiger partial charge in [0.2, 0.25) is 0 Å². The van der Waals surface area contributed by atoms with E-state index < -0.39 is 0 Å². The lowest BCUT2D eigenvalue weighted by Crippen LogP contribution is -2.38. The second kappa shape index (κ2) is 6.05. The molecule has 1 amide bonds. The van der Waals surface area contributed by atoms with Crippen molar-refractivity contribution in [2.75, 3.05) is 37.0 Å². The van der Waals surface area contributed by atoms with Crippen molar-refractivity contribution >= 4 is 23.4 Å².